The van der Waals surface area contributed by atoms with Crippen molar-refractivity contribution in [2.24, 2.45) is 10.7 Å². The van der Waals surface area contributed by atoms with E-state index in [9.17, 15) is 4.79 Å². The number of hydrogen-bond donors (Lipinski definition) is 4. The zero-order valence-corrected chi connectivity index (χ0v) is 15.8. The lowest BCUT2D eigenvalue weighted by Gasteiger charge is -2.03. The molecule has 0 bridgehead atoms. The van der Waals surface area contributed by atoms with E-state index in [-0.39, 0.29) is 16.8 Å². The molecule has 2 rings (SSSR count). The van der Waals surface area contributed by atoms with Crippen LogP contribution in [-0.4, -0.2) is 46.0 Å². The molecule has 2 heterocycles. The quantitative estimate of drug-likeness (QED) is 0.299. The van der Waals surface area contributed by atoms with E-state index >= 15 is 0 Å². The van der Waals surface area contributed by atoms with Gasteiger partial charge in [-0.2, -0.15) is 0 Å². The Hall–Kier alpha value is -3.11. The van der Waals surface area contributed by atoms with Crippen LogP contribution in [0.5, 0.6) is 0 Å². The number of thioether (sulfide) groups is 1. The van der Waals surface area contributed by atoms with Crippen molar-refractivity contribution in [3.05, 3.63) is 36.2 Å². The van der Waals surface area contributed by atoms with Crippen LogP contribution in [0.2, 0.25) is 0 Å². The van der Waals surface area contributed by atoms with Gasteiger partial charge in [0.2, 0.25) is 0 Å². The number of esters is 1. The van der Waals surface area contributed by atoms with E-state index in [0.717, 1.165) is 22.9 Å². The summed E-state index contributed by atoms with van der Waals surface area (Å²) in [5.41, 5.74) is 8.61. The van der Waals surface area contributed by atoms with Gasteiger partial charge >= 0.3 is 11.0 Å². The van der Waals surface area contributed by atoms with Gasteiger partial charge in [-0.3, -0.25) is 4.98 Å². The number of pyridine rings is 2. The Kier molecular flexibility index (Phi) is 7.15. The van der Waals surface area contributed by atoms with Gasteiger partial charge in [-0.05, 0) is 25.1 Å². The maximum Gasteiger partial charge on any atom is 0.410 e. The minimum Gasteiger partial charge on any atom is -0.458 e. The van der Waals surface area contributed by atoms with Gasteiger partial charge in [0.15, 0.2) is 11.0 Å². The van der Waals surface area contributed by atoms with Crippen LogP contribution in [0, 0.1) is 5.41 Å². The molecule has 0 spiro atoms. The molecule has 0 amide bonds. The van der Waals surface area contributed by atoms with Crippen LogP contribution in [0.3, 0.4) is 0 Å². The summed E-state index contributed by atoms with van der Waals surface area (Å²) in [4.78, 5) is 24.5. The molecule has 0 aliphatic rings. The smallest absolute Gasteiger partial charge is 0.410 e. The van der Waals surface area contributed by atoms with Gasteiger partial charge < -0.3 is 21.2 Å². The number of quaternary nitrogens is 1. The molecule has 140 valence electrons. The largest absolute Gasteiger partial charge is 0.458 e. The zero-order chi connectivity index (χ0) is 19.8. The number of fused-ring (bicyclic) bond motifs is 1. The third kappa shape index (κ3) is 5.43. The molecule has 10 heteroatoms. The molecule has 27 heavy (non-hydrogen) atoms. The van der Waals surface area contributed by atoms with Crippen LogP contribution < -0.4 is 16.5 Å². The first kappa shape index (κ1) is 20.2. The highest BCUT2D eigenvalue weighted by atomic mass is 32.2. The molecule has 9 nitrogen and oxygen atoms in total. The van der Waals surface area contributed by atoms with Gasteiger partial charge in [0, 0.05) is 29.7 Å². The molecule has 0 atom stereocenters. The Balaban J connectivity index is 2.28. The maximum absolute atomic E-state index is 11.5. The lowest BCUT2D eigenvalue weighted by molar-refractivity contribution is -0.555. The van der Waals surface area contributed by atoms with Crippen molar-refractivity contribution in [3.8, 4) is 0 Å². The fourth-order valence-electron chi connectivity index (χ4n) is 2.12. The number of nitrogens with one attached hydrogen (secondary N) is 1. The Morgan fingerprint density at radius 1 is 1.48 bits per heavy atom. The number of amidine groups is 1. The average Bonchev–Trinajstić information content (AvgIpc) is 2.65. The molecule has 0 saturated heterocycles. The van der Waals surface area contributed by atoms with Crippen LogP contribution >= 0.6 is 11.8 Å². The van der Waals surface area contributed by atoms with Crippen LogP contribution in [-0.2, 0) is 9.53 Å². The Morgan fingerprint density at radius 2 is 2.26 bits per heavy atom. The minimum absolute atomic E-state index is 0.0668. The van der Waals surface area contributed by atoms with E-state index in [0.29, 0.717) is 16.9 Å². The van der Waals surface area contributed by atoms with E-state index in [4.69, 9.17) is 21.3 Å². The second-order valence-electron chi connectivity index (χ2n) is 5.17. The summed E-state index contributed by atoms with van der Waals surface area (Å²) in [6, 6.07) is 5.25. The Bertz CT molecular complexity index is 940. The van der Waals surface area contributed by atoms with Crippen molar-refractivity contribution in [2.45, 2.75) is 6.92 Å². The predicted molar refractivity (Wildman–Crippen MR) is 107 cm³/mol. The number of aromatic nitrogens is 2. The predicted octanol–water partition coefficient (Wildman–Crippen LogP) is -0.786. The SMILES string of the molecule is CCOC(=O)C(=[NH2+])SC(N)=Nc1ccc2ncc(/C(C=N)=C/[NH2+]C)cc2n1. The highest BCUT2D eigenvalue weighted by Crippen LogP contribution is 2.20. The summed E-state index contributed by atoms with van der Waals surface area (Å²) in [5, 5.41) is 15.0. The summed E-state index contributed by atoms with van der Waals surface area (Å²) in [6.07, 6.45) is 4.76. The Labute approximate surface area is 160 Å². The normalized spacial score (nSPS) is 12.1. The first-order valence-electron chi connectivity index (χ1n) is 8.07. The van der Waals surface area contributed by atoms with Crippen molar-refractivity contribution < 1.29 is 20.3 Å². The van der Waals surface area contributed by atoms with Crippen molar-refractivity contribution >= 4 is 56.6 Å². The fourth-order valence-corrected chi connectivity index (χ4v) is 2.62. The number of ether oxygens (including phenoxy) is 1. The second-order valence-corrected chi connectivity index (χ2v) is 6.23. The number of carbonyl (C=O) groups excluding carboxylic acids is 1. The van der Waals surface area contributed by atoms with Crippen molar-refractivity contribution in [1.82, 2.24) is 9.97 Å². The molecule has 0 radical (unpaired) electrons. The fraction of sp³-hybridized carbons (Fsp3) is 0.176. The molecule has 2 aromatic rings. The molecule has 0 aromatic carbocycles. The molecule has 7 N–H and O–H groups in total. The first-order chi connectivity index (χ1) is 13.0. The first-order valence-corrected chi connectivity index (χ1v) is 8.89. The highest BCUT2D eigenvalue weighted by molar-refractivity contribution is 8.27. The van der Waals surface area contributed by atoms with E-state index in [1.807, 2.05) is 24.6 Å². The third-order valence-electron chi connectivity index (χ3n) is 3.27. The molecule has 0 aliphatic heterocycles. The Morgan fingerprint density at radius 3 is 2.93 bits per heavy atom. The molecule has 2 aromatic heterocycles. The topological polar surface area (TPSA) is 157 Å². The van der Waals surface area contributed by atoms with Gasteiger partial charge in [0.1, 0.15) is 6.20 Å². The molecular weight excluding hydrogens is 366 g/mol. The van der Waals surface area contributed by atoms with Gasteiger partial charge in [-0.1, -0.05) is 0 Å². The number of nitrogens with zero attached hydrogens (tertiary/aromatic N) is 3. The monoisotopic (exact) mass is 387 g/mol. The lowest BCUT2D eigenvalue weighted by atomic mass is 10.1. The number of allylic oxidation sites excluding steroid dienone is 1. The number of aliphatic imine (C=N–C) groups is 1. The van der Waals surface area contributed by atoms with Crippen molar-refractivity contribution in [1.29, 1.82) is 5.41 Å². The summed E-state index contributed by atoms with van der Waals surface area (Å²) in [5.74, 6) is -0.287. The lowest BCUT2D eigenvalue weighted by Crippen LogP contribution is -2.72. The van der Waals surface area contributed by atoms with E-state index < -0.39 is 5.97 Å². The molecule has 0 saturated carbocycles. The van der Waals surface area contributed by atoms with E-state index in [1.165, 1.54) is 6.21 Å². The number of nitrogens with two attached hydrogens (primary N) is 3. The van der Waals surface area contributed by atoms with E-state index in [2.05, 4.69) is 15.0 Å². The molecular formula is C17H21N7O2S+2. The van der Waals surface area contributed by atoms with Gasteiger partial charge in [0.05, 0.1) is 30.3 Å². The number of rotatable bonds is 5. The van der Waals surface area contributed by atoms with Crippen LogP contribution in [0.15, 0.2) is 35.6 Å². The van der Waals surface area contributed by atoms with Crippen LogP contribution in [0.4, 0.5) is 5.82 Å². The molecule has 0 fully saturated rings. The summed E-state index contributed by atoms with van der Waals surface area (Å²) in [7, 11) is 1.88. The number of carbonyl (C=O) groups is 1. The van der Waals surface area contributed by atoms with Gasteiger partial charge in [0.25, 0.3) is 0 Å². The highest BCUT2D eigenvalue weighted by Gasteiger charge is 2.19. The average molecular weight is 387 g/mol. The molecule has 0 aliphatic carbocycles. The van der Waals surface area contributed by atoms with Gasteiger partial charge in [-0.25, -0.2) is 20.2 Å². The summed E-state index contributed by atoms with van der Waals surface area (Å²) >= 11 is 0.815. The number of hydrogen-bond acceptors (Lipinski definition) is 7. The summed E-state index contributed by atoms with van der Waals surface area (Å²) in [6.45, 7) is 1.91. The molecule has 0 unspecified atom stereocenters. The van der Waals surface area contributed by atoms with Crippen molar-refractivity contribution in [3.63, 3.8) is 0 Å². The minimum atomic E-state index is -0.639. The zero-order valence-electron chi connectivity index (χ0n) is 15.0. The third-order valence-corrected chi connectivity index (χ3v) is 3.96. The van der Waals surface area contributed by atoms with Gasteiger partial charge in [-0.15, -0.1) is 0 Å². The summed E-state index contributed by atoms with van der Waals surface area (Å²) < 4.78 is 4.80. The van der Waals surface area contributed by atoms with Crippen LogP contribution in [0.25, 0.3) is 16.6 Å². The van der Waals surface area contributed by atoms with Crippen molar-refractivity contribution in [2.75, 3.05) is 13.7 Å². The second kappa shape index (κ2) is 9.55. The standard InChI is InChI=1S/C17H19N7O2S/c1-3-26-16(25)15(19)27-17(20)24-14-5-4-12-13(23-14)6-10(9-22-12)11(7-18)8-21-2/h4-9,18-19,21H,3H2,1-2H3,(H2,20,23,24)/p+2/b11-8+,18-7?,19-15?. The maximum atomic E-state index is 11.5. The van der Waals surface area contributed by atoms with E-state index in [1.54, 1.807) is 25.3 Å². The van der Waals surface area contributed by atoms with Crippen LogP contribution in [0.1, 0.15) is 12.5 Å².